The zero-order chi connectivity index (χ0) is 21.3. The fourth-order valence-corrected chi connectivity index (χ4v) is 6.21. The van der Waals surface area contributed by atoms with Gasteiger partial charge in [-0.1, -0.05) is 45.9 Å². The van der Waals surface area contributed by atoms with Crippen LogP contribution in [0.2, 0.25) is 0 Å². The number of aliphatic hydroxyl groups is 1. The lowest BCUT2D eigenvalue weighted by atomic mass is 9.58. The number of aromatic hydroxyl groups is 1. The van der Waals surface area contributed by atoms with Crippen LogP contribution in [0.15, 0.2) is 30.4 Å². The van der Waals surface area contributed by atoms with Crippen molar-refractivity contribution >= 4 is 5.78 Å². The highest BCUT2D eigenvalue weighted by atomic mass is 16.3. The van der Waals surface area contributed by atoms with E-state index in [4.69, 9.17) is 0 Å². The van der Waals surface area contributed by atoms with Gasteiger partial charge in [-0.15, -0.1) is 0 Å². The summed E-state index contributed by atoms with van der Waals surface area (Å²) in [7, 11) is 0. The van der Waals surface area contributed by atoms with Crippen LogP contribution >= 0.6 is 0 Å². The molecule has 0 spiro atoms. The predicted octanol–water partition coefficient (Wildman–Crippen LogP) is 5.46. The summed E-state index contributed by atoms with van der Waals surface area (Å²) >= 11 is 0. The number of carbonyl (C=O) groups is 1. The molecule has 0 aromatic heterocycles. The lowest BCUT2D eigenvalue weighted by Gasteiger charge is -2.45. The van der Waals surface area contributed by atoms with Crippen LogP contribution in [0.3, 0.4) is 0 Å². The Labute approximate surface area is 176 Å². The van der Waals surface area contributed by atoms with Gasteiger partial charge in [0.25, 0.3) is 0 Å². The molecule has 0 aliphatic heterocycles. The van der Waals surface area contributed by atoms with Crippen molar-refractivity contribution in [3.8, 4) is 5.75 Å². The zero-order valence-electron chi connectivity index (χ0n) is 18.7. The van der Waals surface area contributed by atoms with E-state index in [1.807, 2.05) is 12.1 Å². The number of benzene rings is 1. The van der Waals surface area contributed by atoms with Crippen molar-refractivity contribution in [3.63, 3.8) is 0 Å². The summed E-state index contributed by atoms with van der Waals surface area (Å²) in [6, 6.07) is 5.48. The SMILES string of the molecule is Cc1ccc(O)cc1CCC1C(=O)CCC2(C)C1CC(O)C2C(C)C=CC(C)C. The molecule has 2 aliphatic rings. The summed E-state index contributed by atoms with van der Waals surface area (Å²) in [5, 5.41) is 20.8. The number of ketones is 1. The van der Waals surface area contributed by atoms with E-state index in [0.29, 0.717) is 24.0 Å². The second kappa shape index (κ2) is 8.63. The maximum absolute atomic E-state index is 12.9. The van der Waals surface area contributed by atoms with E-state index in [1.54, 1.807) is 6.07 Å². The lowest BCUT2D eigenvalue weighted by molar-refractivity contribution is -0.132. The van der Waals surface area contributed by atoms with Crippen LogP contribution < -0.4 is 0 Å². The fraction of sp³-hybridized carbons (Fsp3) is 0.654. The molecule has 6 unspecified atom stereocenters. The molecule has 160 valence electrons. The van der Waals surface area contributed by atoms with Gasteiger partial charge in [0.2, 0.25) is 0 Å². The maximum atomic E-state index is 12.9. The predicted molar refractivity (Wildman–Crippen MR) is 118 cm³/mol. The standard InChI is InChI=1S/C26H38O3/c1-16(2)6-7-18(4)25-24(29)15-22-21(23(28)12-13-26(22,25)5)11-9-19-14-20(27)10-8-17(19)3/h6-8,10,14,16,18,21-22,24-25,27,29H,9,11-13,15H2,1-5H3. The number of rotatable bonds is 6. The first-order valence-corrected chi connectivity index (χ1v) is 11.3. The molecule has 3 rings (SSSR count). The second-order valence-corrected chi connectivity index (χ2v) is 10.2. The highest BCUT2D eigenvalue weighted by Gasteiger charge is 2.57. The van der Waals surface area contributed by atoms with Crippen molar-refractivity contribution in [1.29, 1.82) is 0 Å². The molecule has 6 atom stereocenters. The average molecular weight is 399 g/mol. The molecule has 29 heavy (non-hydrogen) atoms. The van der Waals surface area contributed by atoms with E-state index in [-0.39, 0.29) is 35.0 Å². The highest BCUT2D eigenvalue weighted by Crippen LogP contribution is 2.59. The lowest BCUT2D eigenvalue weighted by Crippen LogP contribution is -2.43. The van der Waals surface area contributed by atoms with Gasteiger partial charge in [0.05, 0.1) is 6.10 Å². The number of fused-ring (bicyclic) bond motifs is 1. The highest BCUT2D eigenvalue weighted by molar-refractivity contribution is 5.82. The first-order chi connectivity index (χ1) is 13.6. The van der Waals surface area contributed by atoms with Crippen LogP contribution in [0.25, 0.3) is 0 Å². The molecule has 0 radical (unpaired) electrons. The van der Waals surface area contributed by atoms with E-state index in [9.17, 15) is 15.0 Å². The number of hydrogen-bond donors (Lipinski definition) is 2. The summed E-state index contributed by atoms with van der Waals surface area (Å²) in [6.45, 7) is 11.0. The van der Waals surface area contributed by atoms with Gasteiger partial charge in [0.1, 0.15) is 11.5 Å². The molecule has 0 bridgehead atoms. The Morgan fingerprint density at radius 1 is 1.24 bits per heavy atom. The summed E-state index contributed by atoms with van der Waals surface area (Å²) in [4.78, 5) is 12.9. The van der Waals surface area contributed by atoms with Crippen molar-refractivity contribution in [2.75, 3.05) is 0 Å². The summed E-state index contributed by atoms with van der Waals surface area (Å²) in [6.07, 6.45) is 8.02. The van der Waals surface area contributed by atoms with Gasteiger partial charge < -0.3 is 10.2 Å². The van der Waals surface area contributed by atoms with Gasteiger partial charge >= 0.3 is 0 Å². The van der Waals surface area contributed by atoms with Crippen LogP contribution in [0.1, 0.15) is 64.5 Å². The van der Waals surface area contributed by atoms with Crippen molar-refractivity contribution in [2.24, 2.45) is 35.0 Å². The summed E-state index contributed by atoms with van der Waals surface area (Å²) in [5.74, 6) is 1.93. The van der Waals surface area contributed by atoms with E-state index in [1.165, 1.54) is 0 Å². The first-order valence-electron chi connectivity index (χ1n) is 11.3. The van der Waals surface area contributed by atoms with Gasteiger partial charge in [-0.25, -0.2) is 0 Å². The Balaban J connectivity index is 1.80. The summed E-state index contributed by atoms with van der Waals surface area (Å²) < 4.78 is 0. The average Bonchev–Trinajstić information content (AvgIpc) is 2.92. The Morgan fingerprint density at radius 3 is 2.66 bits per heavy atom. The molecule has 1 aromatic rings. The topological polar surface area (TPSA) is 57.5 Å². The van der Waals surface area contributed by atoms with Gasteiger partial charge in [-0.2, -0.15) is 0 Å². The van der Waals surface area contributed by atoms with Crippen LogP contribution in [-0.4, -0.2) is 22.1 Å². The number of aliphatic hydroxyl groups excluding tert-OH is 1. The number of Topliss-reactive ketones (excluding diaryl/α,β-unsaturated/α-hetero) is 1. The minimum atomic E-state index is -0.340. The number of carbonyl (C=O) groups excluding carboxylic acids is 1. The van der Waals surface area contributed by atoms with Gasteiger partial charge in [0.15, 0.2) is 0 Å². The van der Waals surface area contributed by atoms with Crippen LogP contribution in [-0.2, 0) is 11.2 Å². The second-order valence-electron chi connectivity index (χ2n) is 10.2. The molecule has 0 heterocycles. The van der Waals surface area contributed by atoms with Gasteiger partial charge in [-0.05, 0) is 85.0 Å². The van der Waals surface area contributed by atoms with Crippen molar-refractivity contribution in [3.05, 3.63) is 41.5 Å². The quantitative estimate of drug-likeness (QED) is 0.625. The minimum Gasteiger partial charge on any atom is -0.508 e. The van der Waals surface area contributed by atoms with Gasteiger partial charge in [-0.3, -0.25) is 4.79 Å². The van der Waals surface area contributed by atoms with E-state index in [0.717, 1.165) is 36.8 Å². The third-order valence-electron chi connectivity index (χ3n) is 7.75. The molecule has 2 fully saturated rings. The maximum Gasteiger partial charge on any atom is 0.136 e. The van der Waals surface area contributed by atoms with Crippen molar-refractivity contribution in [2.45, 2.75) is 72.8 Å². The smallest absolute Gasteiger partial charge is 0.136 e. The van der Waals surface area contributed by atoms with Crippen LogP contribution in [0.4, 0.5) is 0 Å². The molecule has 2 saturated carbocycles. The Hall–Kier alpha value is -1.61. The van der Waals surface area contributed by atoms with E-state index in [2.05, 4.69) is 46.8 Å². The number of hydrogen-bond acceptors (Lipinski definition) is 3. The molecule has 1 aromatic carbocycles. The third kappa shape index (κ3) is 4.45. The number of allylic oxidation sites excluding steroid dienone is 2. The van der Waals surface area contributed by atoms with E-state index >= 15 is 0 Å². The van der Waals surface area contributed by atoms with Gasteiger partial charge in [0, 0.05) is 12.3 Å². The number of aryl methyl sites for hydroxylation is 2. The molecule has 0 amide bonds. The molecule has 0 saturated heterocycles. The molecular weight excluding hydrogens is 360 g/mol. The Kier molecular flexibility index (Phi) is 6.57. The minimum absolute atomic E-state index is 0.00655. The Morgan fingerprint density at radius 2 is 1.97 bits per heavy atom. The molecule has 3 heteroatoms. The van der Waals surface area contributed by atoms with E-state index < -0.39 is 0 Å². The largest absolute Gasteiger partial charge is 0.508 e. The number of phenolic OH excluding ortho intramolecular Hbond substituents is 1. The number of phenols is 1. The molecule has 2 N–H and O–H groups in total. The molecule has 2 aliphatic carbocycles. The fourth-order valence-electron chi connectivity index (χ4n) is 6.21. The van der Waals surface area contributed by atoms with Crippen LogP contribution in [0.5, 0.6) is 5.75 Å². The zero-order valence-corrected chi connectivity index (χ0v) is 18.7. The first kappa shape index (κ1) is 22.1. The normalized spacial score (nSPS) is 33.4. The van der Waals surface area contributed by atoms with Crippen LogP contribution in [0, 0.1) is 41.9 Å². The Bertz CT molecular complexity index is 765. The van der Waals surface area contributed by atoms with Crippen molar-refractivity contribution < 1.29 is 15.0 Å². The van der Waals surface area contributed by atoms with Crippen molar-refractivity contribution in [1.82, 2.24) is 0 Å². The monoisotopic (exact) mass is 398 g/mol. The third-order valence-corrected chi connectivity index (χ3v) is 7.75. The summed E-state index contributed by atoms with van der Waals surface area (Å²) in [5.41, 5.74) is 2.28. The molecular formula is C26H38O3. The molecule has 3 nitrogen and oxygen atoms in total.